The van der Waals surface area contributed by atoms with Crippen LogP contribution >= 0.6 is 15.9 Å². The zero-order valence-corrected chi connectivity index (χ0v) is 10.7. The maximum atomic E-state index is 4.18. The zero-order valence-electron chi connectivity index (χ0n) is 9.16. The minimum absolute atomic E-state index is 0.204. The number of benzene rings is 1. The quantitative estimate of drug-likeness (QED) is 0.794. The molecule has 0 atom stereocenters. The third kappa shape index (κ3) is 2.20. The molecule has 0 unspecified atom stereocenters. The summed E-state index contributed by atoms with van der Waals surface area (Å²) in [4.78, 5) is 0. The highest BCUT2D eigenvalue weighted by Crippen LogP contribution is 2.24. The second-order valence-electron chi connectivity index (χ2n) is 4.92. The number of aromatic nitrogens is 3. The van der Waals surface area contributed by atoms with E-state index in [9.17, 15) is 0 Å². The van der Waals surface area contributed by atoms with Crippen LogP contribution in [0.3, 0.4) is 0 Å². The Morgan fingerprint density at radius 1 is 1.33 bits per heavy atom. The van der Waals surface area contributed by atoms with Crippen molar-refractivity contribution in [1.82, 2.24) is 15.0 Å². The fourth-order valence-corrected chi connectivity index (χ4v) is 2.11. The smallest absolute Gasteiger partial charge is 0.114 e. The van der Waals surface area contributed by atoms with Crippen LogP contribution < -0.4 is 0 Å². The largest absolute Gasteiger partial charge is 0.243 e. The van der Waals surface area contributed by atoms with Crippen molar-refractivity contribution >= 4 is 27.0 Å². The Hall–Kier alpha value is -0.900. The van der Waals surface area contributed by atoms with Crippen LogP contribution in [-0.2, 0) is 6.54 Å². The van der Waals surface area contributed by atoms with Gasteiger partial charge in [0, 0.05) is 11.0 Å². The fraction of sp³-hybridized carbons (Fsp3) is 0.455. The number of rotatable bonds is 1. The minimum atomic E-state index is 0.204. The summed E-state index contributed by atoms with van der Waals surface area (Å²) in [7, 11) is 0. The Bertz CT molecular complexity index is 482. The number of hydrogen-bond donors (Lipinski definition) is 0. The second kappa shape index (κ2) is 3.59. The third-order valence-electron chi connectivity index (χ3n) is 2.11. The number of nitrogens with zero attached hydrogens (tertiary/aromatic N) is 3. The second-order valence-corrected chi connectivity index (χ2v) is 5.77. The molecule has 1 aromatic heterocycles. The Labute approximate surface area is 97.6 Å². The van der Waals surface area contributed by atoms with Crippen molar-refractivity contribution in [1.29, 1.82) is 0 Å². The molecule has 0 aliphatic carbocycles. The van der Waals surface area contributed by atoms with E-state index in [1.807, 2.05) is 22.9 Å². The molecule has 0 N–H and O–H groups in total. The molecule has 0 aliphatic rings. The number of halogens is 1. The van der Waals surface area contributed by atoms with E-state index in [0.717, 1.165) is 22.1 Å². The molecule has 4 heteroatoms. The molecule has 0 saturated carbocycles. The molecule has 0 bridgehead atoms. The number of para-hydroxylation sites is 1. The Kier molecular flexibility index (Phi) is 2.54. The van der Waals surface area contributed by atoms with Gasteiger partial charge in [0.15, 0.2) is 0 Å². The summed E-state index contributed by atoms with van der Waals surface area (Å²) in [5, 5.41) is 8.32. The normalized spacial score (nSPS) is 12.3. The summed E-state index contributed by atoms with van der Waals surface area (Å²) in [6.45, 7) is 7.44. The maximum Gasteiger partial charge on any atom is 0.114 e. The lowest BCUT2D eigenvalue weighted by Gasteiger charge is -2.18. The van der Waals surface area contributed by atoms with Crippen molar-refractivity contribution < 1.29 is 0 Å². The van der Waals surface area contributed by atoms with Gasteiger partial charge in [-0.1, -0.05) is 32.1 Å². The standard InChI is InChI=1S/C11H14BrN3/c1-11(2,3)7-15-10-8(12)5-4-6-9(10)13-14-15/h4-6H,7H2,1-3H3. The van der Waals surface area contributed by atoms with Gasteiger partial charge in [0.25, 0.3) is 0 Å². The Balaban J connectivity index is 2.53. The van der Waals surface area contributed by atoms with E-state index in [4.69, 9.17) is 0 Å². The summed E-state index contributed by atoms with van der Waals surface area (Å²) in [6.07, 6.45) is 0. The van der Waals surface area contributed by atoms with Gasteiger partial charge < -0.3 is 0 Å². The molecule has 0 fully saturated rings. The van der Waals surface area contributed by atoms with Gasteiger partial charge in [0.2, 0.25) is 0 Å². The van der Waals surface area contributed by atoms with Crippen LogP contribution in [0.4, 0.5) is 0 Å². The Morgan fingerprint density at radius 2 is 2.07 bits per heavy atom. The monoisotopic (exact) mass is 267 g/mol. The first-order valence-corrected chi connectivity index (χ1v) is 5.74. The van der Waals surface area contributed by atoms with Gasteiger partial charge in [-0.15, -0.1) is 5.10 Å². The van der Waals surface area contributed by atoms with Crippen LogP contribution in [-0.4, -0.2) is 15.0 Å². The lowest BCUT2D eigenvalue weighted by atomic mass is 9.97. The van der Waals surface area contributed by atoms with E-state index < -0.39 is 0 Å². The van der Waals surface area contributed by atoms with Gasteiger partial charge in [-0.05, 0) is 33.5 Å². The molecule has 0 spiro atoms. The maximum absolute atomic E-state index is 4.18. The molecule has 3 nitrogen and oxygen atoms in total. The van der Waals surface area contributed by atoms with Gasteiger partial charge in [-0.2, -0.15) is 0 Å². The highest BCUT2D eigenvalue weighted by Gasteiger charge is 2.15. The van der Waals surface area contributed by atoms with Crippen molar-refractivity contribution in [3.63, 3.8) is 0 Å². The molecule has 2 aromatic rings. The zero-order chi connectivity index (χ0) is 11.1. The SMILES string of the molecule is CC(C)(C)Cn1nnc2cccc(Br)c21. The van der Waals surface area contributed by atoms with Crippen LogP contribution in [0.2, 0.25) is 0 Å². The van der Waals surface area contributed by atoms with Crippen molar-refractivity contribution in [3.8, 4) is 0 Å². The fourth-order valence-electron chi connectivity index (χ4n) is 1.55. The minimum Gasteiger partial charge on any atom is -0.243 e. The van der Waals surface area contributed by atoms with Crippen LogP contribution in [0, 0.1) is 5.41 Å². The molecule has 15 heavy (non-hydrogen) atoms. The summed E-state index contributed by atoms with van der Waals surface area (Å²) in [6, 6.07) is 5.97. The van der Waals surface area contributed by atoms with Gasteiger partial charge in [0.1, 0.15) is 11.0 Å². The Morgan fingerprint density at radius 3 is 2.73 bits per heavy atom. The van der Waals surface area contributed by atoms with Gasteiger partial charge in [-0.25, -0.2) is 4.68 Å². The molecule has 80 valence electrons. The average Bonchev–Trinajstić information content (AvgIpc) is 2.47. The van der Waals surface area contributed by atoms with Crippen LogP contribution in [0.15, 0.2) is 22.7 Å². The van der Waals surface area contributed by atoms with Crippen molar-refractivity contribution in [2.75, 3.05) is 0 Å². The van der Waals surface area contributed by atoms with Crippen molar-refractivity contribution in [2.24, 2.45) is 5.41 Å². The topological polar surface area (TPSA) is 30.7 Å². The summed E-state index contributed by atoms with van der Waals surface area (Å²) >= 11 is 3.53. The predicted molar refractivity (Wildman–Crippen MR) is 64.7 cm³/mol. The molecular weight excluding hydrogens is 254 g/mol. The van der Waals surface area contributed by atoms with E-state index in [1.54, 1.807) is 0 Å². The van der Waals surface area contributed by atoms with Crippen molar-refractivity contribution in [2.45, 2.75) is 27.3 Å². The van der Waals surface area contributed by atoms with Crippen LogP contribution in [0.5, 0.6) is 0 Å². The first-order valence-electron chi connectivity index (χ1n) is 4.95. The van der Waals surface area contributed by atoms with E-state index >= 15 is 0 Å². The van der Waals surface area contributed by atoms with Crippen LogP contribution in [0.1, 0.15) is 20.8 Å². The van der Waals surface area contributed by atoms with E-state index in [2.05, 4.69) is 47.0 Å². The highest BCUT2D eigenvalue weighted by molar-refractivity contribution is 9.10. The van der Waals surface area contributed by atoms with E-state index in [-0.39, 0.29) is 5.41 Å². The van der Waals surface area contributed by atoms with E-state index in [1.165, 1.54) is 0 Å². The molecular formula is C11H14BrN3. The van der Waals surface area contributed by atoms with Gasteiger partial charge in [-0.3, -0.25) is 0 Å². The summed E-state index contributed by atoms with van der Waals surface area (Å²) in [5.74, 6) is 0. The highest BCUT2D eigenvalue weighted by atomic mass is 79.9. The number of hydrogen-bond acceptors (Lipinski definition) is 2. The molecule has 1 aromatic carbocycles. The first kappa shape index (κ1) is 10.6. The molecule has 0 aliphatic heterocycles. The molecule has 1 heterocycles. The lowest BCUT2D eigenvalue weighted by molar-refractivity contribution is 0.327. The third-order valence-corrected chi connectivity index (χ3v) is 2.75. The van der Waals surface area contributed by atoms with Gasteiger partial charge in [0.05, 0.1) is 0 Å². The van der Waals surface area contributed by atoms with Crippen LogP contribution in [0.25, 0.3) is 11.0 Å². The molecule has 0 amide bonds. The van der Waals surface area contributed by atoms with Crippen molar-refractivity contribution in [3.05, 3.63) is 22.7 Å². The molecule has 2 rings (SSSR count). The summed E-state index contributed by atoms with van der Waals surface area (Å²) in [5.41, 5.74) is 2.22. The first-order chi connectivity index (χ1) is 6.97. The summed E-state index contributed by atoms with van der Waals surface area (Å²) < 4.78 is 3.01. The number of fused-ring (bicyclic) bond motifs is 1. The molecule has 0 radical (unpaired) electrons. The predicted octanol–water partition coefficient (Wildman–Crippen LogP) is 3.24. The average molecular weight is 268 g/mol. The lowest BCUT2D eigenvalue weighted by Crippen LogP contribution is -2.16. The molecule has 0 saturated heterocycles. The van der Waals surface area contributed by atoms with E-state index in [0.29, 0.717) is 0 Å². The van der Waals surface area contributed by atoms with Gasteiger partial charge >= 0.3 is 0 Å².